The van der Waals surface area contributed by atoms with Crippen LogP contribution in [0.1, 0.15) is 18.4 Å². The Balaban J connectivity index is 1.72. The summed E-state index contributed by atoms with van der Waals surface area (Å²) in [6.45, 7) is 4.05. The van der Waals surface area contributed by atoms with Gasteiger partial charge in [0.05, 0.1) is 4.90 Å². The molecule has 0 radical (unpaired) electrons. The Hall–Kier alpha value is -1.60. The van der Waals surface area contributed by atoms with Crippen LogP contribution in [0.25, 0.3) is 0 Å². The Morgan fingerprint density at radius 3 is 2.40 bits per heavy atom. The van der Waals surface area contributed by atoms with Gasteiger partial charge in [-0.15, -0.1) is 0 Å². The van der Waals surface area contributed by atoms with Crippen molar-refractivity contribution >= 4 is 15.8 Å². The molecule has 1 aromatic rings. The first kappa shape index (κ1) is 19.7. The van der Waals surface area contributed by atoms with Gasteiger partial charge in [-0.2, -0.15) is 0 Å². The molecule has 0 atom stereocenters. The summed E-state index contributed by atoms with van der Waals surface area (Å²) < 4.78 is 22.9. The Morgan fingerprint density at radius 2 is 1.84 bits per heavy atom. The molecule has 0 unspecified atom stereocenters. The summed E-state index contributed by atoms with van der Waals surface area (Å²) in [7, 11) is 0.829. The molecule has 1 aliphatic heterocycles. The predicted molar refractivity (Wildman–Crippen MR) is 103 cm³/mol. The maximum atomic E-state index is 11.5. The Bertz CT molecular complexity index is 663. The van der Waals surface area contributed by atoms with Gasteiger partial charge in [0.15, 0.2) is 15.8 Å². The monoisotopic (exact) mass is 366 g/mol. The maximum Gasteiger partial charge on any atom is 0.190 e. The average Bonchev–Trinajstić information content (AvgIpc) is 2.59. The number of rotatable bonds is 6. The lowest BCUT2D eigenvalue weighted by Crippen LogP contribution is -2.42. The molecule has 1 saturated heterocycles. The number of sulfone groups is 1. The number of nitrogens with zero attached hydrogens (tertiary/aromatic N) is 2. The standard InChI is InChI=1S/C18H30N4O2S/c1-19-18(21-14-16-9-12-22(2)13-10-16)20-11-8-15-4-6-17(7-5-15)25(3,23)24/h4-7,16H,8-14H2,1-3H3,(H2,19,20,21). The van der Waals surface area contributed by atoms with Crippen LogP contribution in [0.5, 0.6) is 0 Å². The molecule has 7 heteroatoms. The van der Waals surface area contributed by atoms with Crippen molar-refractivity contribution in [3.05, 3.63) is 29.8 Å². The van der Waals surface area contributed by atoms with E-state index in [-0.39, 0.29) is 0 Å². The van der Waals surface area contributed by atoms with Crippen molar-refractivity contribution in [1.82, 2.24) is 15.5 Å². The number of hydrogen-bond acceptors (Lipinski definition) is 4. The molecule has 1 aromatic carbocycles. The van der Waals surface area contributed by atoms with Gasteiger partial charge in [0, 0.05) is 26.4 Å². The van der Waals surface area contributed by atoms with Crippen LogP contribution in [-0.2, 0) is 16.3 Å². The lowest BCUT2D eigenvalue weighted by Gasteiger charge is -2.29. The molecule has 25 heavy (non-hydrogen) atoms. The van der Waals surface area contributed by atoms with Gasteiger partial charge in [0.1, 0.15) is 0 Å². The quantitative estimate of drug-likeness (QED) is 0.583. The summed E-state index contributed by atoms with van der Waals surface area (Å²) in [6, 6.07) is 7.06. The zero-order chi connectivity index (χ0) is 18.3. The van der Waals surface area contributed by atoms with Gasteiger partial charge in [0.2, 0.25) is 0 Å². The van der Waals surface area contributed by atoms with Gasteiger partial charge in [0.25, 0.3) is 0 Å². The van der Waals surface area contributed by atoms with Crippen LogP contribution in [0.4, 0.5) is 0 Å². The summed E-state index contributed by atoms with van der Waals surface area (Å²) >= 11 is 0. The Labute approximate surface area is 151 Å². The van der Waals surface area contributed by atoms with Gasteiger partial charge in [-0.25, -0.2) is 8.42 Å². The summed E-state index contributed by atoms with van der Waals surface area (Å²) in [5, 5.41) is 6.73. The number of aliphatic imine (C=N–C) groups is 1. The molecule has 1 heterocycles. The molecule has 0 bridgehead atoms. The van der Waals surface area contributed by atoms with Gasteiger partial charge < -0.3 is 15.5 Å². The molecule has 6 nitrogen and oxygen atoms in total. The van der Waals surface area contributed by atoms with E-state index in [2.05, 4.69) is 27.6 Å². The highest BCUT2D eigenvalue weighted by molar-refractivity contribution is 7.90. The fourth-order valence-corrected chi connectivity index (χ4v) is 3.59. The molecular formula is C18H30N4O2S. The molecule has 0 aliphatic carbocycles. The lowest BCUT2D eigenvalue weighted by atomic mass is 9.97. The van der Waals surface area contributed by atoms with Crippen LogP contribution in [0.3, 0.4) is 0 Å². The number of piperidine rings is 1. The van der Waals surface area contributed by atoms with Crippen molar-refractivity contribution in [2.24, 2.45) is 10.9 Å². The van der Waals surface area contributed by atoms with Gasteiger partial charge in [-0.05, 0) is 63.0 Å². The van der Waals surface area contributed by atoms with E-state index < -0.39 is 9.84 Å². The molecule has 0 spiro atoms. The van der Waals surface area contributed by atoms with Crippen molar-refractivity contribution in [1.29, 1.82) is 0 Å². The van der Waals surface area contributed by atoms with E-state index in [0.29, 0.717) is 10.8 Å². The Kier molecular flexibility index (Phi) is 7.25. The van der Waals surface area contributed by atoms with Crippen LogP contribution < -0.4 is 10.6 Å². The number of nitrogens with one attached hydrogen (secondary N) is 2. The number of likely N-dealkylation sites (tertiary alicyclic amines) is 1. The number of benzene rings is 1. The van der Waals surface area contributed by atoms with Crippen LogP contribution in [0, 0.1) is 5.92 Å². The van der Waals surface area contributed by atoms with Gasteiger partial charge >= 0.3 is 0 Å². The van der Waals surface area contributed by atoms with E-state index in [0.717, 1.165) is 31.0 Å². The highest BCUT2D eigenvalue weighted by Gasteiger charge is 2.16. The zero-order valence-corrected chi connectivity index (χ0v) is 16.3. The van der Waals surface area contributed by atoms with Gasteiger partial charge in [-0.1, -0.05) is 12.1 Å². The summed E-state index contributed by atoms with van der Waals surface area (Å²) in [5.74, 6) is 1.53. The number of hydrogen-bond donors (Lipinski definition) is 2. The predicted octanol–water partition coefficient (Wildman–Crippen LogP) is 1.14. The van der Waals surface area contributed by atoms with E-state index in [4.69, 9.17) is 0 Å². The first-order valence-corrected chi connectivity index (χ1v) is 10.7. The lowest BCUT2D eigenvalue weighted by molar-refractivity contribution is 0.220. The third kappa shape index (κ3) is 6.66. The summed E-state index contributed by atoms with van der Waals surface area (Å²) in [4.78, 5) is 7.00. The smallest absolute Gasteiger partial charge is 0.190 e. The van der Waals surface area contributed by atoms with Crippen LogP contribution in [-0.4, -0.2) is 65.8 Å². The Morgan fingerprint density at radius 1 is 1.20 bits per heavy atom. The molecule has 0 saturated carbocycles. The third-order valence-electron chi connectivity index (χ3n) is 4.68. The number of guanidine groups is 1. The second-order valence-electron chi connectivity index (χ2n) is 6.79. The summed E-state index contributed by atoms with van der Waals surface area (Å²) in [6.07, 6.45) is 4.50. The van der Waals surface area contributed by atoms with E-state index in [1.165, 1.54) is 32.2 Å². The maximum absolute atomic E-state index is 11.5. The van der Waals surface area contributed by atoms with E-state index in [9.17, 15) is 8.42 Å². The van der Waals surface area contributed by atoms with Gasteiger partial charge in [-0.3, -0.25) is 4.99 Å². The second kappa shape index (κ2) is 9.20. The van der Waals surface area contributed by atoms with Crippen LogP contribution in [0.2, 0.25) is 0 Å². The molecule has 2 N–H and O–H groups in total. The van der Waals surface area contributed by atoms with Crippen LogP contribution >= 0.6 is 0 Å². The molecule has 1 aliphatic rings. The largest absolute Gasteiger partial charge is 0.356 e. The molecule has 0 aromatic heterocycles. The minimum atomic E-state index is -3.13. The minimum absolute atomic E-state index is 0.361. The van der Waals surface area contributed by atoms with Crippen molar-refractivity contribution in [3.63, 3.8) is 0 Å². The fraction of sp³-hybridized carbons (Fsp3) is 0.611. The third-order valence-corrected chi connectivity index (χ3v) is 5.81. The molecule has 140 valence electrons. The van der Waals surface area contributed by atoms with E-state index in [1.54, 1.807) is 19.2 Å². The topological polar surface area (TPSA) is 73.8 Å². The van der Waals surface area contributed by atoms with Crippen molar-refractivity contribution in [2.45, 2.75) is 24.2 Å². The molecule has 0 amide bonds. The minimum Gasteiger partial charge on any atom is -0.356 e. The summed E-state index contributed by atoms with van der Waals surface area (Å²) in [5.41, 5.74) is 1.10. The average molecular weight is 367 g/mol. The normalized spacial score (nSPS) is 17.5. The van der Waals surface area contributed by atoms with Crippen LogP contribution in [0.15, 0.2) is 34.2 Å². The highest BCUT2D eigenvalue weighted by Crippen LogP contribution is 2.14. The molecule has 2 rings (SSSR count). The highest BCUT2D eigenvalue weighted by atomic mass is 32.2. The van der Waals surface area contributed by atoms with E-state index in [1.807, 2.05) is 12.1 Å². The van der Waals surface area contributed by atoms with Crippen molar-refractivity contribution < 1.29 is 8.42 Å². The fourth-order valence-electron chi connectivity index (χ4n) is 2.96. The van der Waals surface area contributed by atoms with E-state index >= 15 is 0 Å². The van der Waals surface area contributed by atoms with Crippen molar-refractivity contribution in [2.75, 3.05) is 46.5 Å². The molecule has 1 fully saturated rings. The SMILES string of the molecule is CN=C(NCCc1ccc(S(C)(=O)=O)cc1)NCC1CCN(C)CC1. The molecular weight excluding hydrogens is 336 g/mol. The second-order valence-corrected chi connectivity index (χ2v) is 8.81. The van der Waals surface area contributed by atoms with Crippen molar-refractivity contribution in [3.8, 4) is 0 Å². The zero-order valence-electron chi connectivity index (χ0n) is 15.5. The first-order valence-electron chi connectivity index (χ1n) is 8.80. The first-order chi connectivity index (χ1) is 11.9.